The average Bonchev–Trinajstić information content (AvgIpc) is 2.86. The van der Waals surface area contributed by atoms with Crippen LogP contribution < -0.4 is 5.32 Å². The maximum absolute atomic E-state index is 12.2. The smallest absolute Gasteiger partial charge is 0.248 e. The van der Waals surface area contributed by atoms with E-state index in [1.807, 2.05) is 32.9 Å². The van der Waals surface area contributed by atoms with E-state index in [-0.39, 0.29) is 11.9 Å². The summed E-state index contributed by atoms with van der Waals surface area (Å²) in [6.45, 7) is 5.78. The van der Waals surface area contributed by atoms with Gasteiger partial charge in [0.1, 0.15) is 6.04 Å². The van der Waals surface area contributed by atoms with Crippen LogP contribution in [0.4, 0.5) is 5.69 Å². The summed E-state index contributed by atoms with van der Waals surface area (Å²) in [5.41, 5.74) is 2.94. The van der Waals surface area contributed by atoms with E-state index in [1.165, 1.54) is 0 Å². The van der Waals surface area contributed by atoms with Gasteiger partial charge < -0.3 is 5.32 Å². The Morgan fingerprint density at radius 3 is 2.53 bits per heavy atom. The Bertz CT molecular complexity index is 570. The molecular weight excluding hydrogens is 306 g/mol. The van der Waals surface area contributed by atoms with Crippen molar-refractivity contribution in [3.8, 4) is 0 Å². The van der Waals surface area contributed by atoms with Gasteiger partial charge in [-0.2, -0.15) is 5.10 Å². The van der Waals surface area contributed by atoms with E-state index >= 15 is 0 Å². The van der Waals surface area contributed by atoms with Gasteiger partial charge >= 0.3 is 0 Å². The predicted octanol–water partition coefficient (Wildman–Crippen LogP) is 3.46. The van der Waals surface area contributed by atoms with Crippen molar-refractivity contribution in [2.45, 2.75) is 26.8 Å². The van der Waals surface area contributed by atoms with Gasteiger partial charge in [0, 0.05) is 22.6 Å². The number of hydrogen-bond donors (Lipinski definition) is 1. The molecule has 1 heterocycles. The number of hydrogen-bond acceptors (Lipinski definition) is 2. The van der Waals surface area contributed by atoms with Gasteiger partial charge in [-0.1, -0.05) is 15.9 Å². The highest BCUT2D eigenvalue weighted by Gasteiger charge is 2.16. The fourth-order valence-corrected chi connectivity index (χ4v) is 2.65. The summed E-state index contributed by atoms with van der Waals surface area (Å²) in [7, 11) is 0. The quantitative estimate of drug-likeness (QED) is 0.941. The van der Waals surface area contributed by atoms with Gasteiger partial charge in [0.2, 0.25) is 5.91 Å². The second-order valence-corrected chi connectivity index (χ2v) is 5.48. The van der Waals surface area contributed by atoms with Gasteiger partial charge in [0.15, 0.2) is 0 Å². The number of nitrogens with one attached hydrogen (secondary N) is 1. The summed E-state index contributed by atoms with van der Waals surface area (Å²) in [5, 5.41) is 7.06. The third kappa shape index (κ3) is 3.04. The number of carbonyl (C=O) groups is 1. The highest BCUT2D eigenvalue weighted by Crippen LogP contribution is 2.25. The second-order valence-electron chi connectivity index (χ2n) is 4.57. The third-order valence-corrected chi connectivity index (χ3v) is 3.50. The van der Waals surface area contributed by atoms with Gasteiger partial charge in [0.25, 0.3) is 0 Å². The van der Waals surface area contributed by atoms with Crippen molar-refractivity contribution >= 4 is 27.5 Å². The molecule has 1 N–H and O–H groups in total. The summed E-state index contributed by atoms with van der Waals surface area (Å²) in [4.78, 5) is 12.2. The SMILES string of the molecule is Cc1cc(Br)cc(C)c1NC(=O)C(C)n1cccn1. The van der Waals surface area contributed by atoms with Crippen LogP contribution in [0.3, 0.4) is 0 Å². The van der Waals surface area contributed by atoms with E-state index in [4.69, 9.17) is 0 Å². The van der Waals surface area contributed by atoms with Crippen molar-refractivity contribution in [3.63, 3.8) is 0 Å². The van der Waals surface area contributed by atoms with Crippen LogP contribution in [-0.2, 0) is 4.79 Å². The van der Waals surface area contributed by atoms with Crippen LogP contribution in [0.15, 0.2) is 35.1 Å². The second kappa shape index (κ2) is 5.57. The molecule has 0 saturated heterocycles. The molecule has 0 saturated carbocycles. The largest absolute Gasteiger partial charge is 0.324 e. The fourth-order valence-electron chi connectivity index (χ4n) is 1.97. The summed E-state index contributed by atoms with van der Waals surface area (Å²) in [6.07, 6.45) is 3.45. The average molecular weight is 322 g/mol. The predicted molar refractivity (Wildman–Crippen MR) is 79.2 cm³/mol. The van der Waals surface area contributed by atoms with Gasteiger partial charge in [-0.25, -0.2) is 0 Å². The molecule has 2 rings (SSSR count). The first-order valence-electron chi connectivity index (χ1n) is 6.06. The van der Waals surface area contributed by atoms with E-state index in [2.05, 4.69) is 26.3 Å². The van der Waals surface area contributed by atoms with Gasteiger partial charge in [0.05, 0.1) is 0 Å². The number of rotatable bonds is 3. The lowest BCUT2D eigenvalue weighted by molar-refractivity contribution is -0.119. The van der Waals surface area contributed by atoms with Crippen LogP contribution in [0.5, 0.6) is 0 Å². The minimum atomic E-state index is -0.336. The Morgan fingerprint density at radius 1 is 1.37 bits per heavy atom. The Labute approximate surface area is 120 Å². The molecule has 1 amide bonds. The number of carbonyl (C=O) groups excluding carboxylic acids is 1. The first kappa shape index (κ1) is 13.8. The number of aromatic nitrogens is 2. The molecule has 1 unspecified atom stereocenters. The number of halogens is 1. The molecule has 100 valence electrons. The first-order valence-corrected chi connectivity index (χ1v) is 6.85. The molecule has 1 aromatic heterocycles. The van der Waals surface area contributed by atoms with E-state index in [1.54, 1.807) is 23.1 Å². The maximum atomic E-state index is 12.2. The highest BCUT2D eigenvalue weighted by molar-refractivity contribution is 9.10. The molecule has 0 fully saturated rings. The molecule has 0 spiro atoms. The molecule has 0 bridgehead atoms. The summed E-state index contributed by atoms with van der Waals surface area (Å²) < 4.78 is 2.65. The molecule has 0 aliphatic carbocycles. The van der Waals surface area contributed by atoms with Crippen LogP contribution in [0.1, 0.15) is 24.1 Å². The number of anilines is 1. The molecule has 19 heavy (non-hydrogen) atoms. The van der Waals surface area contributed by atoms with E-state index in [0.29, 0.717) is 0 Å². The van der Waals surface area contributed by atoms with Gasteiger partial charge in [-0.05, 0) is 50.1 Å². The molecule has 0 radical (unpaired) electrons. The van der Waals surface area contributed by atoms with Crippen molar-refractivity contribution in [1.29, 1.82) is 0 Å². The zero-order chi connectivity index (χ0) is 14.0. The third-order valence-electron chi connectivity index (χ3n) is 3.05. The Balaban J connectivity index is 2.20. The number of benzene rings is 1. The minimum Gasteiger partial charge on any atom is -0.324 e. The van der Waals surface area contributed by atoms with E-state index < -0.39 is 0 Å². The van der Waals surface area contributed by atoms with Crippen LogP contribution >= 0.6 is 15.9 Å². The lowest BCUT2D eigenvalue weighted by atomic mass is 10.1. The molecule has 1 atom stereocenters. The first-order chi connectivity index (χ1) is 8.99. The van der Waals surface area contributed by atoms with Crippen LogP contribution in [0.25, 0.3) is 0 Å². The Kier molecular flexibility index (Phi) is 4.04. The van der Waals surface area contributed by atoms with Gasteiger partial charge in [-0.3, -0.25) is 9.48 Å². The van der Waals surface area contributed by atoms with Crippen LogP contribution in [0.2, 0.25) is 0 Å². The monoisotopic (exact) mass is 321 g/mol. The molecular formula is C14H16BrN3O. The zero-order valence-corrected chi connectivity index (χ0v) is 12.7. The highest BCUT2D eigenvalue weighted by atomic mass is 79.9. The topological polar surface area (TPSA) is 46.9 Å². The zero-order valence-electron chi connectivity index (χ0n) is 11.1. The summed E-state index contributed by atoms with van der Waals surface area (Å²) >= 11 is 3.45. The van der Waals surface area contributed by atoms with Crippen molar-refractivity contribution in [2.24, 2.45) is 0 Å². The molecule has 0 aliphatic rings. The summed E-state index contributed by atoms with van der Waals surface area (Å²) in [6, 6.07) is 5.44. The number of nitrogens with zero attached hydrogens (tertiary/aromatic N) is 2. The number of aryl methyl sites for hydroxylation is 2. The Hall–Kier alpha value is -1.62. The molecule has 4 nitrogen and oxygen atoms in total. The Morgan fingerprint density at radius 2 is 2.00 bits per heavy atom. The van der Waals surface area contributed by atoms with E-state index in [0.717, 1.165) is 21.3 Å². The van der Waals surface area contributed by atoms with Crippen molar-refractivity contribution in [1.82, 2.24) is 9.78 Å². The van der Waals surface area contributed by atoms with Crippen molar-refractivity contribution in [3.05, 3.63) is 46.2 Å². The maximum Gasteiger partial charge on any atom is 0.248 e. The molecule has 1 aromatic carbocycles. The fraction of sp³-hybridized carbons (Fsp3) is 0.286. The van der Waals surface area contributed by atoms with Crippen LogP contribution in [0, 0.1) is 13.8 Å². The lowest BCUT2D eigenvalue weighted by Crippen LogP contribution is -2.24. The molecule has 2 aromatic rings. The van der Waals surface area contributed by atoms with Crippen molar-refractivity contribution < 1.29 is 4.79 Å². The molecule has 5 heteroatoms. The lowest BCUT2D eigenvalue weighted by Gasteiger charge is -2.16. The number of amides is 1. The van der Waals surface area contributed by atoms with Crippen molar-refractivity contribution in [2.75, 3.05) is 5.32 Å². The minimum absolute atomic E-state index is 0.0720. The van der Waals surface area contributed by atoms with Gasteiger partial charge in [-0.15, -0.1) is 0 Å². The standard InChI is InChI=1S/C14H16BrN3O/c1-9-7-12(15)8-10(2)13(9)17-14(19)11(3)18-6-4-5-16-18/h4-8,11H,1-3H3,(H,17,19). The normalized spacial score (nSPS) is 12.2. The van der Waals surface area contributed by atoms with E-state index in [9.17, 15) is 4.79 Å². The van der Waals surface area contributed by atoms with Crippen LogP contribution in [-0.4, -0.2) is 15.7 Å². The molecule has 0 aliphatic heterocycles. The summed E-state index contributed by atoms with van der Waals surface area (Å²) in [5.74, 6) is -0.0720.